The van der Waals surface area contributed by atoms with Gasteiger partial charge in [-0.25, -0.2) is 4.39 Å². The van der Waals surface area contributed by atoms with Gasteiger partial charge in [-0.3, -0.25) is 4.99 Å². The van der Waals surface area contributed by atoms with Crippen LogP contribution in [-0.4, -0.2) is 39.9 Å². The molecule has 0 aliphatic rings. The molecule has 0 heterocycles. The molecule has 28 heavy (non-hydrogen) atoms. The van der Waals surface area contributed by atoms with Gasteiger partial charge in [-0.2, -0.15) is 0 Å². The van der Waals surface area contributed by atoms with Crippen molar-refractivity contribution >= 4 is 29.9 Å². The highest BCUT2D eigenvalue weighted by atomic mass is 127. The van der Waals surface area contributed by atoms with Crippen LogP contribution < -0.4 is 24.8 Å². The maximum absolute atomic E-state index is 13.7. The molecule has 154 valence electrons. The average Bonchev–Trinajstić information content (AvgIpc) is 2.69. The third kappa shape index (κ3) is 6.74. The van der Waals surface area contributed by atoms with Crippen molar-refractivity contribution in [3.8, 4) is 17.2 Å². The molecule has 2 aromatic rings. The molecule has 0 fully saturated rings. The first-order chi connectivity index (χ1) is 13.1. The van der Waals surface area contributed by atoms with Crippen molar-refractivity contribution in [2.45, 2.75) is 19.6 Å². The van der Waals surface area contributed by atoms with Crippen molar-refractivity contribution in [2.24, 2.45) is 4.99 Å². The molecular formula is C20H27FIN3O3. The van der Waals surface area contributed by atoms with Gasteiger partial charge in [0.15, 0.2) is 29.0 Å². The van der Waals surface area contributed by atoms with Crippen molar-refractivity contribution in [3.05, 3.63) is 53.8 Å². The summed E-state index contributed by atoms with van der Waals surface area (Å²) in [6.07, 6.45) is -0.244. The molecular weight excluding hydrogens is 476 g/mol. The highest BCUT2D eigenvalue weighted by molar-refractivity contribution is 14.0. The van der Waals surface area contributed by atoms with Crippen LogP contribution in [0.4, 0.5) is 4.39 Å². The lowest BCUT2D eigenvalue weighted by Gasteiger charge is -2.19. The number of aliphatic imine (C=N–C) groups is 1. The number of rotatable bonds is 8. The lowest BCUT2D eigenvalue weighted by molar-refractivity contribution is 0.214. The molecule has 2 aromatic carbocycles. The van der Waals surface area contributed by atoms with E-state index in [1.165, 1.54) is 6.07 Å². The predicted octanol–water partition coefficient (Wildman–Crippen LogP) is 3.59. The van der Waals surface area contributed by atoms with Crippen LogP contribution in [0.5, 0.6) is 17.2 Å². The molecule has 0 spiro atoms. The van der Waals surface area contributed by atoms with Crippen LogP contribution in [0.25, 0.3) is 0 Å². The Morgan fingerprint density at radius 2 is 1.75 bits per heavy atom. The molecule has 6 nitrogen and oxygen atoms in total. The van der Waals surface area contributed by atoms with Crippen LogP contribution in [-0.2, 0) is 6.54 Å². The number of hydrogen-bond donors (Lipinski definition) is 2. The molecule has 0 bridgehead atoms. The van der Waals surface area contributed by atoms with Gasteiger partial charge in [0.2, 0.25) is 0 Å². The first kappa shape index (κ1) is 23.8. The zero-order valence-corrected chi connectivity index (χ0v) is 18.8. The second-order valence-corrected chi connectivity index (χ2v) is 5.82. The Hall–Kier alpha value is -2.23. The van der Waals surface area contributed by atoms with E-state index in [2.05, 4.69) is 15.6 Å². The second-order valence-electron chi connectivity index (χ2n) is 5.82. The minimum absolute atomic E-state index is 0. The third-order valence-corrected chi connectivity index (χ3v) is 3.88. The number of halogens is 2. The van der Waals surface area contributed by atoms with Crippen LogP contribution in [0.1, 0.15) is 12.5 Å². The Balaban J connectivity index is 0.00000392. The fourth-order valence-corrected chi connectivity index (χ4v) is 2.53. The molecule has 0 aliphatic carbocycles. The molecule has 0 amide bonds. The molecule has 0 aromatic heterocycles. The monoisotopic (exact) mass is 503 g/mol. The van der Waals surface area contributed by atoms with E-state index in [0.717, 1.165) is 5.56 Å². The summed E-state index contributed by atoms with van der Waals surface area (Å²) in [5.74, 6) is 1.81. The van der Waals surface area contributed by atoms with Gasteiger partial charge in [-0.15, -0.1) is 24.0 Å². The highest BCUT2D eigenvalue weighted by Gasteiger charge is 2.11. The van der Waals surface area contributed by atoms with Crippen molar-refractivity contribution in [1.29, 1.82) is 0 Å². The zero-order valence-electron chi connectivity index (χ0n) is 16.5. The molecule has 1 unspecified atom stereocenters. The summed E-state index contributed by atoms with van der Waals surface area (Å²) in [5.41, 5.74) is 0.940. The lowest BCUT2D eigenvalue weighted by Crippen LogP contribution is -2.41. The molecule has 1 atom stereocenters. The smallest absolute Gasteiger partial charge is 0.191 e. The van der Waals surface area contributed by atoms with Gasteiger partial charge in [0.1, 0.15) is 6.10 Å². The third-order valence-electron chi connectivity index (χ3n) is 3.88. The Labute approximate surface area is 182 Å². The molecule has 0 saturated heterocycles. The normalized spacial score (nSPS) is 11.8. The average molecular weight is 503 g/mol. The minimum atomic E-state index is -0.378. The van der Waals surface area contributed by atoms with Crippen LogP contribution in [0, 0.1) is 5.82 Å². The van der Waals surface area contributed by atoms with Crippen molar-refractivity contribution in [2.75, 3.05) is 27.8 Å². The second kappa shape index (κ2) is 12.3. The molecule has 2 rings (SSSR count). The summed E-state index contributed by atoms with van der Waals surface area (Å²) in [6, 6.07) is 12.0. The van der Waals surface area contributed by atoms with E-state index in [4.69, 9.17) is 14.2 Å². The van der Waals surface area contributed by atoms with E-state index in [9.17, 15) is 4.39 Å². The SMILES string of the molecule is CN=C(NCc1cccc(OC)c1OC)NCC(C)Oc1ccccc1F.I. The van der Waals surface area contributed by atoms with E-state index in [1.54, 1.807) is 39.5 Å². The van der Waals surface area contributed by atoms with Crippen molar-refractivity contribution in [1.82, 2.24) is 10.6 Å². The van der Waals surface area contributed by atoms with Gasteiger partial charge in [-0.05, 0) is 25.1 Å². The van der Waals surface area contributed by atoms with Gasteiger partial charge in [0.05, 0.1) is 20.8 Å². The minimum Gasteiger partial charge on any atom is -0.493 e. The number of nitrogens with zero attached hydrogens (tertiary/aromatic N) is 1. The van der Waals surface area contributed by atoms with E-state index < -0.39 is 0 Å². The first-order valence-electron chi connectivity index (χ1n) is 8.64. The van der Waals surface area contributed by atoms with Gasteiger partial charge >= 0.3 is 0 Å². The summed E-state index contributed by atoms with van der Waals surface area (Å²) < 4.78 is 30.0. The van der Waals surface area contributed by atoms with Gasteiger partial charge in [0.25, 0.3) is 0 Å². The summed E-state index contributed by atoms with van der Waals surface area (Å²) in [7, 11) is 4.89. The molecule has 2 N–H and O–H groups in total. The van der Waals surface area contributed by atoms with Gasteiger partial charge in [-0.1, -0.05) is 24.3 Å². The maximum Gasteiger partial charge on any atom is 0.191 e. The van der Waals surface area contributed by atoms with E-state index in [1.807, 2.05) is 25.1 Å². The van der Waals surface area contributed by atoms with E-state index >= 15 is 0 Å². The van der Waals surface area contributed by atoms with Crippen LogP contribution in [0.2, 0.25) is 0 Å². The predicted molar refractivity (Wildman–Crippen MR) is 120 cm³/mol. The van der Waals surface area contributed by atoms with E-state index in [0.29, 0.717) is 30.5 Å². The standard InChI is InChI=1S/C20H26FN3O3.HI/c1-14(27-17-10-6-5-9-16(17)21)12-23-20(22-2)24-13-15-8-7-11-18(25-3)19(15)26-4;/h5-11,14H,12-13H2,1-4H3,(H2,22,23,24);1H. The van der Waals surface area contributed by atoms with Crippen LogP contribution in [0.15, 0.2) is 47.5 Å². The number of guanidine groups is 1. The Kier molecular flexibility index (Phi) is 10.4. The number of nitrogens with one attached hydrogen (secondary N) is 2. The lowest BCUT2D eigenvalue weighted by atomic mass is 10.2. The van der Waals surface area contributed by atoms with Crippen LogP contribution in [0.3, 0.4) is 0 Å². The highest BCUT2D eigenvalue weighted by Crippen LogP contribution is 2.30. The summed E-state index contributed by atoms with van der Waals surface area (Å²) in [4.78, 5) is 4.19. The topological polar surface area (TPSA) is 64.1 Å². The molecule has 8 heteroatoms. The van der Waals surface area contributed by atoms with Gasteiger partial charge < -0.3 is 24.8 Å². The fraction of sp³-hybridized carbons (Fsp3) is 0.350. The summed E-state index contributed by atoms with van der Waals surface area (Å²) >= 11 is 0. The largest absolute Gasteiger partial charge is 0.493 e. The number of hydrogen-bond acceptors (Lipinski definition) is 4. The number of para-hydroxylation sites is 2. The summed E-state index contributed by atoms with van der Waals surface area (Å²) in [6.45, 7) is 2.82. The number of methoxy groups -OCH3 is 2. The molecule has 0 aliphatic heterocycles. The maximum atomic E-state index is 13.7. The number of ether oxygens (including phenoxy) is 3. The Morgan fingerprint density at radius 1 is 1.04 bits per heavy atom. The fourth-order valence-electron chi connectivity index (χ4n) is 2.53. The van der Waals surface area contributed by atoms with Crippen molar-refractivity contribution < 1.29 is 18.6 Å². The van der Waals surface area contributed by atoms with E-state index in [-0.39, 0.29) is 41.6 Å². The Bertz CT molecular complexity index is 774. The first-order valence-corrected chi connectivity index (χ1v) is 8.64. The Morgan fingerprint density at radius 3 is 2.39 bits per heavy atom. The quantitative estimate of drug-likeness (QED) is 0.328. The molecule has 0 saturated carbocycles. The summed E-state index contributed by atoms with van der Waals surface area (Å²) in [5, 5.41) is 6.38. The van der Waals surface area contributed by atoms with Gasteiger partial charge in [0, 0.05) is 19.2 Å². The zero-order chi connectivity index (χ0) is 19.6. The number of benzene rings is 2. The van der Waals surface area contributed by atoms with Crippen LogP contribution >= 0.6 is 24.0 Å². The van der Waals surface area contributed by atoms with Crippen molar-refractivity contribution in [3.63, 3.8) is 0 Å². The molecule has 0 radical (unpaired) electrons.